The third kappa shape index (κ3) is 4.86. The molecule has 7 nitrogen and oxygen atoms in total. The highest BCUT2D eigenvalue weighted by atomic mass is 79.9. The van der Waals surface area contributed by atoms with E-state index in [1.807, 2.05) is 0 Å². The summed E-state index contributed by atoms with van der Waals surface area (Å²) in [6, 6.07) is 6.53. The van der Waals surface area contributed by atoms with Crippen molar-refractivity contribution in [3.63, 3.8) is 0 Å². The van der Waals surface area contributed by atoms with Gasteiger partial charge in [0.05, 0.1) is 22.0 Å². The van der Waals surface area contributed by atoms with Gasteiger partial charge < -0.3 is 0 Å². The lowest BCUT2D eigenvalue weighted by Gasteiger charge is -2.12. The van der Waals surface area contributed by atoms with E-state index in [9.17, 15) is 26.4 Å². The van der Waals surface area contributed by atoms with Gasteiger partial charge in [0.1, 0.15) is 4.90 Å². The number of carbonyl (C=O) groups excluding carboxylic acids is 1. The molecule has 0 radical (unpaired) electrons. The molecule has 3 aromatic rings. The van der Waals surface area contributed by atoms with E-state index in [1.165, 1.54) is 29.8 Å². The molecule has 0 spiro atoms. The summed E-state index contributed by atoms with van der Waals surface area (Å²) >= 11 is 14.8. The summed E-state index contributed by atoms with van der Waals surface area (Å²) in [5.41, 5.74) is -1.08. The van der Waals surface area contributed by atoms with Gasteiger partial charge in [-0.15, -0.1) is 5.10 Å². The lowest BCUT2D eigenvalue weighted by Crippen LogP contribution is -2.32. The molecular formula is C17H10BrCl2F3N4O3S. The van der Waals surface area contributed by atoms with Crippen molar-refractivity contribution in [3.8, 4) is 5.69 Å². The summed E-state index contributed by atoms with van der Waals surface area (Å²) in [5.74, 6) is -1.18. The minimum Gasteiger partial charge on any atom is -0.266 e. The molecule has 1 aromatic heterocycles. The molecule has 1 amide bonds. The number of hydrogen-bond acceptors (Lipinski definition) is 5. The smallest absolute Gasteiger partial charge is 0.266 e. The molecule has 0 saturated heterocycles. The highest BCUT2D eigenvalue weighted by Gasteiger charge is 2.33. The fraction of sp³-hybridized carbons (Fsp3) is 0.118. The number of carbonyl (C=O) groups is 1. The molecule has 0 saturated carbocycles. The van der Waals surface area contributed by atoms with Crippen molar-refractivity contribution >= 4 is 55.1 Å². The van der Waals surface area contributed by atoms with Crippen LogP contribution < -0.4 is 4.72 Å². The van der Waals surface area contributed by atoms with Crippen LogP contribution in [0.25, 0.3) is 5.69 Å². The van der Waals surface area contributed by atoms with E-state index >= 15 is 0 Å². The van der Waals surface area contributed by atoms with Gasteiger partial charge in [-0.2, -0.15) is 13.2 Å². The van der Waals surface area contributed by atoms with Crippen LogP contribution in [0.4, 0.5) is 13.2 Å². The Morgan fingerprint density at radius 1 is 1.16 bits per heavy atom. The lowest BCUT2D eigenvalue weighted by atomic mass is 10.2. The minimum atomic E-state index is -4.77. The van der Waals surface area contributed by atoms with E-state index in [-0.39, 0.29) is 20.9 Å². The predicted molar refractivity (Wildman–Crippen MR) is 110 cm³/mol. The number of rotatable bonds is 4. The van der Waals surface area contributed by atoms with Crippen LogP contribution in [-0.4, -0.2) is 29.3 Å². The molecule has 0 atom stereocenters. The van der Waals surface area contributed by atoms with Crippen LogP contribution >= 0.6 is 39.1 Å². The quantitative estimate of drug-likeness (QED) is 0.498. The zero-order valence-electron chi connectivity index (χ0n) is 15.2. The Morgan fingerprint density at radius 3 is 2.45 bits per heavy atom. The van der Waals surface area contributed by atoms with Gasteiger partial charge in [0, 0.05) is 9.50 Å². The van der Waals surface area contributed by atoms with Crippen molar-refractivity contribution in [3.05, 3.63) is 67.9 Å². The highest BCUT2D eigenvalue weighted by Crippen LogP contribution is 2.33. The first-order valence-corrected chi connectivity index (χ1v) is 11.2. The third-order valence-corrected chi connectivity index (χ3v) is 6.89. The number of alkyl halides is 3. The Bertz CT molecular complexity index is 1300. The SMILES string of the molecule is Cc1c(C(=O)NS(=O)(=O)c2cc(C(F)(F)F)ccc2Br)nnn1-c1ccc(Cl)cc1Cl. The molecule has 1 N–H and O–H groups in total. The molecule has 2 aromatic carbocycles. The Hall–Kier alpha value is -2.15. The fourth-order valence-corrected chi connectivity index (χ4v) is 4.96. The molecule has 0 aliphatic carbocycles. The Labute approximate surface area is 192 Å². The maximum absolute atomic E-state index is 13.0. The normalized spacial score (nSPS) is 12.1. The maximum Gasteiger partial charge on any atom is 0.416 e. The largest absolute Gasteiger partial charge is 0.416 e. The topological polar surface area (TPSA) is 93.9 Å². The average Bonchev–Trinajstić information content (AvgIpc) is 3.02. The van der Waals surface area contributed by atoms with Crippen molar-refractivity contribution in [2.45, 2.75) is 18.0 Å². The summed E-state index contributed by atoms with van der Waals surface area (Å²) in [7, 11) is -4.67. The molecule has 31 heavy (non-hydrogen) atoms. The third-order valence-electron chi connectivity index (χ3n) is 4.02. The first kappa shape index (κ1) is 23.5. The van der Waals surface area contributed by atoms with Crippen LogP contribution in [0, 0.1) is 6.92 Å². The first-order chi connectivity index (χ1) is 14.3. The highest BCUT2D eigenvalue weighted by molar-refractivity contribution is 9.10. The van der Waals surface area contributed by atoms with Crippen LogP contribution in [0.1, 0.15) is 21.7 Å². The zero-order chi connectivity index (χ0) is 23.1. The molecule has 3 rings (SSSR count). The number of nitrogens with one attached hydrogen (secondary N) is 1. The molecule has 0 fully saturated rings. The number of amides is 1. The summed E-state index contributed by atoms with van der Waals surface area (Å²) < 4.78 is 66.7. The summed E-state index contributed by atoms with van der Waals surface area (Å²) in [4.78, 5) is 11.8. The standard InChI is InChI=1S/C17H10BrCl2F3N4O3S/c1-8-15(24-26-27(8)13-5-3-10(19)7-12(13)20)16(28)25-31(29,30)14-6-9(17(21,22)23)2-4-11(14)18/h2-7H,1H3,(H,25,28). The summed E-state index contributed by atoms with van der Waals surface area (Å²) in [5, 5.41) is 8.02. The molecular weight excluding hydrogens is 548 g/mol. The van der Waals surface area contributed by atoms with Gasteiger partial charge in [0.25, 0.3) is 15.9 Å². The molecule has 0 bridgehead atoms. The van der Waals surface area contributed by atoms with Crippen molar-refractivity contribution in [2.75, 3.05) is 0 Å². The predicted octanol–water partition coefficient (Wildman–Crippen LogP) is 4.78. The number of hydrogen-bond donors (Lipinski definition) is 1. The molecule has 0 unspecified atom stereocenters. The Morgan fingerprint density at radius 2 is 1.84 bits per heavy atom. The molecule has 1 heterocycles. The van der Waals surface area contributed by atoms with Gasteiger partial charge in [-0.05, 0) is 59.3 Å². The van der Waals surface area contributed by atoms with Crippen molar-refractivity contribution in [2.24, 2.45) is 0 Å². The van der Waals surface area contributed by atoms with Crippen LogP contribution in [-0.2, 0) is 16.2 Å². The van der Waals surface area contributed by atoms with Gasteiger partial charge >= 0.3 is 6.18 Å². The van der Waals surface area contributed by atoms with Crippen molar-refractivity contribution in [1.82, 2.24) is 19.7 Å². The summed E-state index contributed by atoms with van der Waals surface area (Å²) in [6.45, 7) is 1.44. The van der Waals surface area contributed by atoms with Gasteiger partial charge in [-0.1, -0.05) is 28.4 Å². The maximum atomic E-state index is 13.0. The lowest BCUT2D eigenvalue weighted by molar-refractivity contribution is -0.137. The first-order valence-electron chi connectivity index (χ1n) is 8.13. The van der Waals surface area contributed by atoms with E-state index in [0.29, 0.717) is 22.8 Å². The van der Waals surface area contributed by atoms with Crippen LogP contribution in [0.5, 0.6) is 0 Å². The van der Waals surface area contributed by atoms with Gasteiger partial charge in [-0.3, -0.25) is 4.79 Å². The van der Waals surface area contributed by atoms with Crippen LogP contribution in [0.3, 0.4) is 0 Å². The van der Waals surface area contributed by atoms with E-state index in [4.69, 9.17) is 23.2 Å². The van der Waals surface area contributed by atoms with Crippen LogP contribution in [0.15, 0.2) is 45.8 Å². The van der Waals surface area contributed by atoms with E-state index < -0.39 is 32.6 Å². The summed E-state index contributed by atoms with van der Waals surface area (Å²) in [6.07, 6.45) is -4.77. The van der Waals surface area contributed by atoms with Crippen molar-refractivity contribution in [1.29, 1.82) is 0 Å². The second-order valence-corrected chi connectivity index (χ2v) is 9.46. The van der Waals surface area contributed by atoms with Gasteiger partial charge in [-0.25, -0.2) is 17.8 Å². The van der Waals surface area contributed by atoms with E-state index in [0.717, 1.165) is 6.07 Å². The molecule has 0 aliphatic rings. The van der Waals surface area contributed by atoms with Crippen molar-refractivity contribution < 1.29 is 26.4 Å². The van der Waals surface area contributed by atoms with E-state index in [2.05, 4.69) is 26.2 Å². The second-order valence-electron chi connectivity index (χ2n) is 6.11. The van der Waals surface area contributed by atoms with E-state index in [1.54, 1.807) is 4.72 Å². The average molecular weight is 558 g/mol. The molecule has 164 valence electrons. The number of nitrogens with zero attached hydrogens (tertiary/aromatic N) is 3. The monoisotopic (exact) mass is 556 g/mol. The van der Waals surface area contributed by atoms with Crippen LogP contribution in [0.2, 0.25) is 10.0 Å². The molecule has 14 heteroatoms. The number of halogens is 6. The van der Waals surface area contributed by atoms with Gasteiger partial charge in [0.2, 0.25) is 0 Å². The fourth-order valence-electron chi connectivity index (χ4n) is 2.53. The minimum absolute atomic E-state index is 0.139. The number of benzene rings is 2. The Kier molecular flexibility index (Phi) is 6.38. The number of aromatic nitrogens is 3. The number of sulfonamides is 1. The Balaban J connectivity index is 1.94. The zero-order valence-corrected chi connectivity index (χ0v) is 19.1. The van der Waals surface area contributed by atoms with Gasteiger partial charge in [0.15, 0.2) is 5.69 Å². The second kappa shape index (κ2) is 8.41. The molecule has 0 aliphatic heterocycles.